The number of hydrogen-bond donors (Lipinski definition) is 0. The molecular weight excluding hydrogens is 486 g/mol. The van der Waals surface area contributed by atoms with Crippen LogP contribution in [0.1, 0.15) is 25.7 Å². The summed E-state index contributed by atoms with van der Waals surface area (Å²) in [7, 11) is -5.97. The molecule has 4 aromatic rings. The Labute approximate surface area is 212 Å². The van der Waals surface area contributed by atoms with Crippen molar-refractivity contribution in [2.75, 3.05) is 12.3 Å². The van der Waals surface area contributed by atoms with Crippen molar-refractivity contribution in [3.05, 3.63) is 97.1 Å². The standard InChI is InChI=1S/C30H28O4P2/c31-35(29-19-9-5-15-25(29)23-13-3-7-17-27(23)33-35)21-11-1-2-12-22-36(32)30-20-10-6-16-26(30)24-14-4-8-18-28(24)34-36/h3-10,13-20H,1-2,11-12,21-22H2. The molecule has 182 valence electrons. The monoisotopic (exact) mass is 514 g/mol. The normalized spacial score (nSPS) is 21.2. The molecule has 0 fully saturated rings. The molecule has 0 radical (unpaired) electrons. The maximum absolute atomic E-state index is 13.9. The van der Waals surface area contributed by atoms with Crippen LogP contribution in [0.15, 0.2) is 97.1 Å². The third-order valence-electron chi connectivity index (χ3n) is 7.04. The van der Waals surface area contributed by atoms with Crippen molar-refractivity contribution >= 4 is 25.3 Å². The van der Waals surface area contributed by atoms with Crippen molar-refractivity contribution in [2.24, 2.45) is 0 Å². The van der Waals surface area contributed by atoms with Crippen molar-refractivity contribution in [3.8, 4) is 33.8 Å². The van der Waals surface area contributed by atoms with E-state index in [0.717, 1.165) is 58.5 Å². The highest BCUT2D eigenvalue weighted by molar-refractivity contribution is 7.68. The van der Waals surface area contributed by atoms with E-state index in [1.165, 1.54) is 0 Å². The molecule has 6 rings (SSSR count). The van der Waals surface area contributed by atoms with Gasteiger partial charge in [-0.25, -0.2) is 0 Å². The minimum atomic E-state index is -2.98. The van der Waals surface area contributed by atoms with Gasteiger partial charge in [0.15, 0.2) is 0 Å². The van der Waals surface area contributed by atoms with Gasteiger partial charge < -0.3 is 9.05 Å². The highest BCUT2D eigenvalue weighted by Gasteiger charge is 2.36. The van der Waals surface area contributed by atoms with Gasteiger partial charge in [-0.2, -0.15) is 0 Å². The summed E-state index contributed by atoms with van der Waals surface area (Å²) in [5, 5.41) is 1.64. The second-order valence-corrected chi connectivity index (χ2v) is 14.3. The highest BCUT2D eigenvalue weighted by atomic mass is 31.2. The number of fused-ring (bicyclic) bond motifs is 6. The number of benzene rings is 4. The Morgan fingerprint density at radius 3 is 1.25 bits per heavy atom. The average molecular weight is 514 g/mol. The maximum Gasteiger partial charge on any atom is 0.277 e. The Hall–Kier alpha value is -3.06. The van der Waals surface area contributed by atoms with Gasteiger partial charge in [0.25, 0.3) is 14.7 Å². The average Bonchev–Trinajstić information content (AvgIpc) is 2.91. The second-order valence-electron chi connectivity index (χ2n) is 9.42. The van der Waals surface area contributed by atoms with Crippen molar-refractivity contribution in [1.82, 2.24) is 0 Å². The molecule has 2 atom stereocenters. The van der Waals surface area contributed by atoms with E-state index >= 15 is 0 Å². The number of hydrogen-bond acceptors (Lipinski definition) is 4. The van der Waals surface area contributed by atoms with Gasteiger partial charge in [-0.3, -0.25) is 9.13 Å². The van der Waals surface area contributed by atoms with Crippen LogP contribution in [-0.4, -0.2) is 12.3 Å². The third-order valence-corrected chi connectivity index (χ3v) is 12.1. The first-order chi connectivity index (χ1) is 17.6. The van der Waals surface area contributed by atoms with E-state index in [9.17, 15) is 9.13 Å². The lowest BCUT2D eigenvalue weighted by Gasteiger charge is -2.29. The van der Waals surface area contributed by atoms with Gasteiger partial charge in [0.2, 0.25) is 0 Å². The molecule has 2 aliphatic rings. The molecule has 2 heterocycles. The molecule has 36 heavy (non-hydrogen) atoms. The van der Waals surface area contributed by atoms with Gasteiger partial charge >= 0.3 is 0 Å². The molecule has 2 unspecified atom stereocenters. The van der Waals surface area contributed by atoms with Crippen LogP contribution < -0.4 is 19.7 Å². The van der Waals surface area contributed by atoms with E-state index in [2.05, 4.69) is 0 Å². The SMILES string of the molecule is O=P1(CCCCCCP2(=O)Oc3ccccc3-c3ccccc32)Oc2ccccc2-c2ccccc21. The molecule has 4 nitrogen and oxygen atoms in total. The molecule has 4 aromatic carbocycles. The molecule has 2 aliphatic heterocycles. The van der Waals surface area contributed by atoms with Crippen molar-refractivity contribution in [1.29, 1.82) is 0 Å². The minimum Gasteiger partial charge on any atom is -0.439 e. The predicted molar refractivity (Wildman–Crippen MR) is 148 cm³/mol. The zero-order valence-corrected chi connectivity index (χ0v) is 21.8. The Morgan fingerprint density at radius 2 is 0.806 bits per heavy atom. The van der Waals surface area contributed by atoms with E-state index in [1.807, 2.05) is 97.1 Å². The number of rotatable bonds is 7. The molecule has 0 spiro atoms. The Morgan fingerprint density at radius 1 is 0.444 bits per heavy atom. The lowest BCUT2D eigenvalue weighted by molar-refractivity contribution is 0.483. The van der Waals surface area contributed by atoms with E-state index in [0.29, 0.717) is 23.8 Å². The first-order valence-electron chi connectivity index (χ1n) is 12.5. The van der Waals surface area contributed by atoms with E-state index in [4.69, 9.17) is 9.05 Å². The predicted octanol–water partition coefficient (Wildman–Crippen LogP) is 7.87. The van der Waals surface area contributed by atoms with Crippen LogP contribution >= 0.6 is 14.7 Å². The van der Waals surface area contributed by atoms with Crippen LogP contribution in [0.2, 0.25) is 0 Å². The molecule has 6 heteroatoms. The molecule has 0 N–H and O–H groups in total. The summed E-state index contributed by atoms with van der Waals surface area (Å²) in [6.45, 7) is 0. The Balaban J connectivity index is 1.09. The van der Waals surface area contributed by atoms with Crippen LogP contribution in [-0.2, 0) is 9.13 Å². The molecule has 0 aromatic heterocycles. The van der Waals surface area contributed by atoms with Gasteiger partial charge in [0.05, 0.1) is 10.6 Å². The molecular formula is C30H28O4P2. The van der Waals surface area contributed by atoms with Crippen LogP contribution in [0.25, 0.3) is 22.3 Å². The van der Waals surface area contributed by atoms with Crippen molar-refractivity contribution in [3.63, 3.8) is 0 Å². The zero-order chi connectivity index (χ0) is 24.6. The fraction of sp³-hybridized carbons (Fsp3) is 0.200. The summed E-state index contributed by atoms with van der Waals surface area (Å²) in [6, 6.07) is 31.4. The van der Waals surface area contributed by atoms with E-state index < -0.39 is 14.7 Å². The molecule has 0 saturated carbocycles. The van der Waals surface area contributed by atoms with Gasteiger partial charge in [0.1, 0.15) is 11.5 Å². The third kappa shape index (κ3) is 4.13. The largest absolute Gasteiger partial charge is 0.439 e. The summed E-state index contributed by atoms with van der Waals surface area (Å²) >= 11 is 0. The first kappa shape index (κ1) is 23.3. The maximum atomic E-state index is 13.9. The topological polar surface area (TPSA) is 52.6 Å². The van der Waals surface area contributed by atoms with Gasteiger partial charge in [0, 0.05) is 23.5 Å². The lowest BCUT2D eigenvalue weighted by atomic mass is 10.0. The molecule has 0 amide bonds. The van der Waals surface area contributed by atoms with Crippen LogP contribution in [0, 0.1) is 0 Å². The smallest absolute Gasteiger partial charge is 0.277 e. The fourth-order valence-electron chi connectivity index (χ4n) is 5.28. The van der Waals surface area contributed by atoms with Gasteiger partial charge in [-0.15, -0.1) is 0 Å². The van der Waals surface area contributed by atoms with Crippen LogP contribution in [0.3, 0.4) is 0 Å². The summed E-state index contributed by atoms with van der Waals surface area (Å²) in [5.41, 5.74) is 4.01. The summed E-state index contributed by atoms with van der Waals surface area (Å²) in [5.74, 6) is 1.40. The van der Waals surface area contributed by atoms with Crippen molar-refractivity contribution in [2.45, 2.75) is 25.7 Å². The number of para-hydroxylation sites is 2. The summed E-state index contributed by atoms with van der Waals surface area (Å²) in [4.78, 5) is 0. The molecule has 0 saturated heterocycles. The first-order valence-corrected chi connectivity index (χ1v) is 16.1. The second kappa shape index (κ2) is 9.43. The quantitative estimate of drug-likeness (QED) is 0.186. The van der Waals surface area contributed by atoms with Gasteiger partial charge in [-0.1, -0.05) is 85.6 Å². The van der Waals surface area contributed by atoms with E-state index in [1.54, 1.807) is 0 Å². The Bertz CT molecular complexity index is 1410. The summed E-state index contributed by atoms with van der Waals surface area (Å²) < 4.78 is 40.1. The van der Waals surface area contributed by atoms with Gasteiger partial charge in [-0.05, 0) is 48.2 Å². The Kier molecular flexibility index (Phi) is 6.12. The number of unbranched alkanes of at least 4 members (excludes halogenated alkanes) is 3. The van der Waals surface area contributed by atoms with Crippen molar-refractivity contribution < 1.29 is 18.2 Å². The van der Waals surface area contributed by atoms with Crippen LogP contribution in [0.5, 0.6) is 11.5 Å². The highest BCUT2D eigenvalue weighted by Crippen LogP contribution is 2.56. The zero-order valence-electron chi connectivity index (χ0n) is 20.0. The van der Waals surface area contributed by atoms with Crippen LogP contribution in [0.4, 0.5) is 0 Å². The molecule has 0 aliphatic carbocycles. The fourth-order valence-corrected chi connectivity index (χ4v) is 10.1. The summed E-state index contributed by atoms with van der Waals surface area (Å²) in [6.07, 6.45) is 4.38. The van der Waals surface area contributed by atoms with E-state index in [-0.39, 0.29) is 0 Å². The molecule has 0 bridgehead atoms. The minimum absolute atomic E-state index is 0.503. The lowest BCUT2D eigenvalue weighted by Crippen LogP contribution is -2.20.